The summed E-state index contributed by atoms with van der Waals surface area (Å²) in [7, 11) is 0. The Morgan fingerprint density at radius 2 is 2.20 bits per heavy atom. The molecule has 1 aromatic carbocycles. The molecular formula is C14H17N3O3. The van der Waals surface area contributed by atoms with Crippen molar-refractivity contribution in [3.63, 3.8) is 0 Å². The number of ether oxygens (including phenoxy) is 1. The van der Waals surface area contributed by atoms with Crippen LogP contribution >= 0.6 is 0 Å². The van der Waals surface area contributed by atoms with Crippen molar-refractivity contribution in [1.29, 1.82) is 5.26 Å². The van der Waals surface area contributed by atoms with Gasteiger partial charge in [-0.05, 0) is 37.8 Å². The van der Waals surface area contributed by atoms with Crippen LogP contribution < -0.4 is 5.32 Å². The first-order valence-corrected chi connectivity index (χ1v) is 6.64. The average molecular weight is 275 g/mol. The second-order valence-electron chi connectivity index (χ2n) is 4.98. The average Bonchev–Trinajstić information content (AvgIpc) is 2.48. The fraction of sp³-hybridized carbons (Fsp3) is 0.500. The molecule has 1 atom stereocenters. The quantitative estimate of drug-likeness (QED) is 0.674. The van der Waals surface area contributed by atoms with Crippen molar-refractivity contribution in [2.45, 2.75) is 25.8 Å². The Bertz CT molecular complexity index is 533. The summed E-state index contributed by atoms with van der Waals surface area (Å²) < 4.78 is 5.33. The van der Waals surface area contributed by atoms with Gasteiger partial charge in [-0.2, -0.15) is 5.26 Å². The highest BCUT2D eigenvalue weighted by Gasteiger charge is 2.21. The molecule has 1 aromatic rings. The number of hydrogen-bond acceptors (Lipinski definition) is 5. The zero-order valence-electron chi connectivity index (χ0n) is 11.3. The fourth-order valence-corrected chi connectivity index (χ4v) is 2.46. The van der Waals surface area contributed by atoms with E-state index in [0.29, 0.717) is 11.6 Å². The molecule has 0 aliphatic carbocycles. The number of nitrogens with zero attached hydrogens (tertiary/aromatic N) is 2. The molecule has 1 N–H and O–H groups in total. The Labute approximate surface area is 117 Å². The van der Waals surface area contributed by atoms with Crippen molar-refractivity contribution in [1.82, 2.24) is 0 Å². The minimum atomic E-state index is -0.525. The number of benzene rings is 1. The van der Waals surface area contributed by atoms with Gasteiger partial charge in [0.25, 0.3) is 5.69 Å². The molecule has 1 saturated heterocycles. The molecule has 0 spiro atoms. The maximum absolute atomic E-state index is 10.9. The minimum absolute atomic E-state index is 0.0827. The molecule has 1 aliphatic rings. The summed E-state index contributed by atoms with van der Waals surface area (Å²) in [6, 6.07) is 6.67. The monoisotopic (exact) mass is 275 g/mol. The lowest BCUT2D eigenvalue weighted by Crippen LogP contribution is -2.30. The summed E-state index contributed by atoms with van der Waals surface area (Å²) in [5, 5.41) is 23.1. The van der Waals surface area contributed by atoms with Gasteiger partial charge in [0.05, 0.1) is 4.92 Å². The Morgan fingerprint density at radius 1 is 1.50 bits per heavy atom. The van der Waals surface area contributed by atoms with E-state index in [1.807, 2.05) is 6.07 Å². The van der Waals surface area contributed by atoms with Gasteiger partial charge in [-0.15, -0.1) is 0 Å². The van der Waals surface area contributed by atoms with E-state index in [1.54, 1.807) is 6.07 Å². The summed E-state index contributed by atoms with van der Waals surface area (Å²) in [5.41, 5.74) is 0.602. The molecule has 0 radical (unpaired) electrons. The first-order chi connectivity index (χ1) is 9.61. The van der Waals surface area contributed by atoms with E-state index in [0.717, 1.165) is 26.1 Å². The van der Waals surface area contributed by atoms with Crippen LogP contribution in [0.3, 0.4) is 0 Å². The van der Waals surface area contributed by atoms with Crippen molar-refractivity contribution < 1.29 is 9.66 Å². The number of anilines is 1. The van der Waals surface area contributed by atoms with Crippen LogP contribution in [0.15, 0.2) is 18.2 Å². The normalized spacial score (nSPS) is 17.2. The molecule has 6 heteroatoms. The molecule has 1 fully saturated rings. The van der Waals surface area contributed by atoms with Crippen molar-refractivity contribution in [3.8, 4) is 6.07 Å². The number of rotatable bonds is 4. The van der Waals surface area contributed by atoms with Crippen molar-refractivity contribution in [2.75, 3.05) is 18.5 Å². The van der Waals surface area contributed by atoms with Crippen LogP contribution in [0.4, 0.5) is 11.4 Å². The van der Waals surface area contributed by atoms with Crippen LogP contribution in [-0.2, 0) is 4.74 Å². The Morgan fingerprint density at radius 3 is 2.80 bits per heavy atom. The van der Waals surface area contributed by atoms with Gasteiger partial charge in [0, 0.05) is 31.0 Å². The number of nitrogens with one attached hydrogen (secondary N) is 1. The fourth-order valence-electron chi connectivity index (χ4n) is 2.46. The second-order valence-corrected chi connectivity index (χ2v) is 4.98. The molecule has 0 aromatic heterocycles. The van der Waals surface area contributed by atoms with Crippen LogP contribution in [0, 0.1) is 27.4 Å². The van der Waals surface area contributed by atoms with Crippen LogP contribution in [0.1, 0.15) is 25.3 Å². The molecule has 6 nitrogen and oxygen atoms in total. The van der Waals surface area contributed by atoms with E-state index in [4.69, 9.17) is 10.00 Å². The standard InChI is InChI=1S/C14H17N3O3/c1-10(11-4-6-20-7-5-11)16-13-3-2-12(9-15)14(8-13)17(18)19/h2-3,8,10-11,16H,4-7H2,1H3. The number of nitro groups is 1. The summed E-state index contributed by atoms with van der Waals surface area (Å²) in [6.45, 7) is 3.61. The summed E-state index contributed by atoms with van der Waals surface area (Å²) in [6.07, 6.45) is 1.99. The zero-order chi connectivity index (χ0) is 14.5. The van der Waals surface area contributed by atoms with Gasteiger partial charge in [0.15, 0.2) is 0 Å². The van der Waals surface area contributed by atoms with Crippen LogP contribution in [0.2, 0.25) is 0 Å². The maximum atomic E-state index is 10.9. The predicted octanol–water partition coefficient (Wildman–Crippen LogP) is 2.69. The first-order valence-electron chi connectivity index (χ1n) is 6.64. The minimum Gasteiger partial charge on any atom is -0.382 e. The Hall–Kier alpha value is -2.13. The van der Waals surface area contributed by atoms with E-state index >= 15 is 0 Å². The van der Waals surface area contributed by atoms with E-state index < -0.39 is 4.92 Å². The lowest BCUT2D eigenvalue weighted by atomic mass is 9.93. The second kappa shape index (κ2) is 6.35. The van der Waals surface area contributed by atoms with Gasteiger partial charge in [0.2, 0.25) is 0 Å². The third kappa shape index (κ3) is 3.25. The van der Waals surface area contributed by atoms with Crippen LogP contribution in [0.5, 0.6) is 0 Å². The third-order valence-corrected chi connectivity index (χ3v) is 3.68. The molecule has 1 heterocycles. The Balaban J connectivity index is 2.11. The lowest BCUT2D eigenvalue weighted by Gasteiger charge is -2.29. The molecule has 20 heavy (non-hydrogen) atoms. The van der Waals surface area contributed by atoms with Gasteiger partial charge in [-0.25, -0.2) is 0 Å². The maximum Gasteiger partial charge on any atom is 0.289 e. The predicted molar refractivity (Wildman–Crippen MR) is 74.4 cm³/mol. The van der Waals surface area contributed by atoms with Crippen LogP contribution in [-0.4, -0.2) is 24.2 Å². The molecule has 106 valence electrons. The van der Waals surface area contributed by atoms with Gasteiger partial charge in [-0.1, -0.05) is 0 Å². The molecular weight excluding hydrogens is 258 g/mol. The smallest absolute Gasteiger partial charge is 0.289 e. The number of hydrogen-bond donors (Lipinski definition) is 1. The topological polar surface area (TPSA) is 88.2 Å². The molecule has 0 saturated carbocycles. The van der Waals surface area contributed by atoms with Gasteiger partial charge in [0.1, 0.15) is 11.6 Å². The molecule has 1 aliphatic heterocycles. The summed E-state index contributed by atoms with van der Waals surface area (Å²) in [5.74, 6) is 0.499. The molecule has 0 amide bonds. The zero-order valence-corrected chi connectivity index (χ0v) is 11.3. The summed E-state index contributed by atoms with van der Waals surface area (Å²) in [4.78, 5) is 10.4. The first kappa shape index (κ1) is 14.3. The third-order valence-electron chi connectivity index (χ3n) is 3.68. The SMILES string of the molecule is CC(Nc1ccc(C#N)c([N+](=O)[O-])c1)C1CCOCC1. The van der Waals surface area contributed by atoms with Gasteiger partial charge in [-0.3, -0.25) is 10.1 Å². The highest BCUT2D eigenvalue weighted by molar-refractivity contribution is 5.59. The van der Waals surface area contributed by atoms with E-state index in [9.17, 15) is 10.1 Å². The lowest BCUT2D eigenvalue weighted by molar-refractivity contribution is -0.385. The largest absolute Gasteiger partial charge is 0.382 e. The van der Waals surface area contributed by atoms with Gasteiger partial charge >= 0.3 is 0 Å². The van der Waals surface area contributed by atoms with Crippen molar-refractivity contribution in [2.24, 2.45) is 5.92 Å². The highest BCUT2D eigenvalue weighted by atomic mass is 16.6. The van der Waals surface area contributed by atoms with Crippen LogP contribution in [0.25, 0.3) is 0 Å². The van der Waals surface area contributed by atoms with Crippen molar-refractivity contribution in [3.05, 3.63) is 33.9 Å². The van der Waals surface area contributed by atoms with Gasteiger partial charge < -0.3 is 10.1 Å². The van der Waals surface area contributed by atoms with E-state index in [2.05, 4.69) is 12.2 Å². The number of nitro benzene ring substituents is 1. The number of nitriles is 1. The summed E-state index contributed by atoms with van der Waals surface area (Å²) >= 11 is 0. The Kier molecular flexibility index (Phi) is 4.53. The molecule has 2 rings (SSSR count). The highest BCUT2D eigenvalue weighted by Crippen LogP contribution is 2.26. The van der Waals surface area contributed by atoms with E-state index in [1.165, 1.54) is 12.1 Å². The van der Waals surface area contributed by atoms with E-state index in [-0.39, 0.29) is 17.3 Å². The molecule has 0 bridgehead atoms. The molecule has 1 unspecified atom stereocenters. The van der Waals surface area contributed by atoms with Crippen molar-refractivity contribution >= 4 is 11.4 Å².